The third-order valence-corrected chi connectivity index (χ3v) is 5.68. The Morgan fingerprint density at radius 2 is 1.96 bits per heavy atom. The molecule has 0 aliphatic rings. The van der Waals surface area contributed by atoms with Crippen molar-refractivity contribution in [2.24, 2.45) is 0 Å². The van der Waals surface area contributed by atoms with Gasteiger partial charge in [-0.3, -0.25) is 9.69 Å². The van der Waals surface area contributed by atoms with Crippen molar-refractivity contribution in [1.82, 2.24) is 10.2 Å². The van der Waals surface area contributed by atoms with E-state index in [-0.39, 0.29) is 17.9 Å². The number of amides is 1. The van der Waals surface area contributed by atoms with Crippen LogP contribution in [0, 0.1) is 0 Å². The van der Waals surface area contributed by atoms with E-state index >= 15 is 0 Å². The Morgan fingerprint density at radius 1 is 1.18 bits per heavy atom. The average molecular weight is 399 g/mol. The van der Waals surface area contributed by atoms with Gasteiger partial charge in [0.2, 0.25) is 5.91 Å². The van der Waals surface area contributed by atoms with Gasteiger partial charge in [-0.05, 0) is 61.8 Å². The van der Waals surface area contributed by atoms with Gasteiger partial charge in [0, 0.05) is 11.4 Å². The molecule has 0 aliphatic carbocycles. The van der Waals surface area contributed by atoms with Gasteiger partial charge in [0.05, 0.1) is 25.3 Å². The van der Waals surface area contributed by atoms with Gasteiger partial charge in [0.25, 0.3) is 0 Å². The van der Waals surface area contributed by atoms with E-state index < -0.39 is 0 Å². The maximum Gasteiger partial charge on any atom is 0.227 e. The van der Waals surface area contributed by atoms with E-state index in [1.54, 1.807) is 24.7 Å². The molecular weight excluding hydrogens is 372 g/mol. The molecule has 1 N–H and O–H groups in total. The number of carbonyl (C=O) groups is 1. The zero-order chi connectivity index (χ0) is 19.9. The van der Waals surface area contributed by atoms with Crippen LogP contribution in [0.25, 0.3) is 0 Å². The molecule has 28 heavy (non-hydrogen) atoms. The average Bonchev–Trinajstić information content (AvgIpc) is 3.40. The van der Waals surface area contributed by atoms with E-state index in [9.17, 15) is 4.79 Å². The highest BCUT2D eigenvalue weighted by atomic mass is 32.1. The smallest absolute Gasteiger partial charge is 0.227 e. The largest absolute Gasteiger partial charge is 0.497 e. The quantitative estimate of drug-likeness (QED) is 0.590. The van der Waals surface area contributed by atoms with Gasteiger partial charge in [-0.25, -0.2) is 0 Å². The fourth-order valence-corrected chi connectivity index (χ4v) is 3.92. The Hall–Kier alpha value is -2.57. The van der Waals surface area contributed by atoms with Crippen molar-refractivity contribution in [1.29, 1.82) is 0 Å². The summed E-state index contributed by atoms with van der Waals surface area (Å²) in [6.07, 6.45) is 2.33. The van der Waals surface area contributed by atoms with Crippen LogP contribution in [-0.4, -0.2) is 38.6 Å². The number of furan rings is 1. The maximum absolute atomic E-state index is 13.1. The predicted molar refractivity (Wildman–Crippen MR) is 112 cm³/mol. The third kappa shape index (κ3) is 5.03. The van der Waals surface area contributed by atoms with Crippen LogP contribution in [0.4, 0.5) is 0 Å². The molecule has 3 aromatic rings. The molecule has 0 saturated carbocycles. The van der Waals surface area contributed by atoms with E-state index in [1.807, 2.05) is 66.8 Å². The van der Waals surface area contributed by atoms with Crippen molar-refractivity contribution in [3.05, 3.63) is 76.4 Å². The summed E-state index contributed by atoms with van der Waals surface area (Å²) in [4.78, 5) is 16.4. The molecule has 1 amide bonds. The maximum atomic E-state index is 13.1. The first-order valence-electron chi connectivity index (χ1n) is 9.22. The lowest BCUT2D eigenvalue weighted by Gasteiger charge is -2.24. The number of benzene rings is 1. The molecule has 2 atom stereocenters. The van der Waals surface area contributed by atoms with Gasteiger partial charge in [-0.1, -0.05) is 18.2 Å². The van der Waals surface area contributed by atoms with Crippen molar-refractivity contribution in [3.8, 4) is 5.75 Å². The van der Waals surface area contributed by atoms with Crippen molar-refractivity contribution < 1.29 is 13.9 Å². The number of thiophene rings is 1. The molecule has 0 bridgehead atoms. The summed E-state index contributed by atoms with van der Waals surface area (Å²) in [6, 6.07) is 15.6. The SMILES string of the molecule is COc1ccc(C(Cc2cccs2)C(=O)NCC(c2ccco2)N(C)C)cc1. The van der Waals surface area contributed by atoms with Crippen LogP contribution in [0.2, 0.25) is 0 Å². The molecular formula is C22H26N2O3S. The van der Waals surface area contributed by atoms with E-state index in [2.05, 4.69) is 11.4 Å². The number of ether oxygens (including phenoxy) is 1. The summed E-state index contributed by atoms with van der Waals surface area (Å²) < 4.78 is 10.8. The Bertz CT molecular complexity index is 843. The standard InChI is InChI=1S/C22H26N2O3S/c1-24(2)20(21-7-4-12-27-21)15-23-22(25)19(14-18-6-5-13-28-18)16-8-10-17(26-3)11-9-16/h4-13,19-20H,14-15H2,1-3H3,(H,23,25). The summed E-state index contributed by atoms with van der Waals surface area (Å²) in [5, 5.41) is 5.16. The summed E-state index contributed by atoms with van der Waals surface area (Å²) in [6.45, 7) is 0.483. The molecule has 0 radical (unpaired) electrons. The van der Waals surface area contributed by atoms with Crippen LogP contribution in [0.5, 0.6) is 5.75 Å². The number of hydrogen-bond acceptors (Lipinski definition) is 5. The van der Waals surface area contributed by atoms with Crippen LogP contribution in [-0.2, 0) is 11.2 Å². The van der Waals surface area contributed by atoms with Crippen molar-refractivity contribution in [3.63, 3.8) is 0 Å². The highest BCUT2D eigenvalue weighted by Crippen LogP contribution is 2.26. The van der Waals surface area contributed by atoms with Gasteiger partial charge in [-0.2, -0.15) is 0 Å². The van der Waals surface area contributed by atoms with Crippen LogP contribution in [0.15, 0.2) is 64.6 Å². The first-order chi connectivity index (χ1) is 13.6. The number of nitrogens with one attached hydrogen (secondary N) is 1. The minimum absolute atomic E-state index is 0.0111. The fourth-order valence-electron chi connectivity index (χ4n) is 3.17. The first-order valence-corrected chi connectivity index (χ1v) is 10.1. The number of hydrogen-bond donors (Lipinski definition) is 1. The molecule has 1 aromatic carbocycles. The van der Waals surface area contributed by atoms with Crippen LogP contribution < -0.4 is 10.1 Å². The third-order valence-electron chi connectivity index (χ3n) is 4.78. The summed E-state index contributed by atoms with van der Waals surface area (Å²) in [7, 11) is 5.60. The van der Waals surface area contributed by atoms with Gasteiger partial charge < -0.3 is 14.5 Å². The molecule has 2 aromatic heterocycles. The number of nitrogens with zero attached hydrogens (tertiary/aromatic N) is 1. The lowest BCUT2D eigenvalue weighted by molar-refractivity contribution is -0.122. The van der Waals surface area contributed by atoms with Crippen molar-refractivity contribution in [2.75, 3.05) is 27.7 Å². The van der Waals surface area contributed by atoms with E-state index in [1.165, 1.54) is 4.88 Å². The van der Waals surface area contributed by atoms with Gasteiger partial charge in [0.15, 0.2) is 0 Å². The van der Waals surface area contributed by atoms with E-state index in [4.69, 9.17) is 9.15 Å². The van der Waals surface area contributed by atoms with Crippen LogP contribution in [0.3, 0.4) is 0 Å². The van der Waals surface area contributed by atoms with Crippen LogP contribution in [0.1, 0.15) is 28.2 Å². The molecule has 0 fully saturated rings. The normalized spacial score (nSPS) is 13.3. The zero-order valence-corrected chi connectivity index (χ0v) is 17.2. The minimum atomic E-state index is -0.260. The lowest BCUT2D eigenvalue weighted by Crippen LogP contribution is -2.37. The number of rotatable bonds is 9. The molecule has 148 valence electrons. The van der Waals surface area contributed by atoms with Gasteiger partial charge >= 0.3 is 0 Å². The first kappa shape index (κ1) is 20.2. The zero-order valence-electron chi connectivity index (χ0n) is 16.4. The Labute approximate surface area is 169 Å². The molecule has 2 unspecified atom stereocenters. The lowest BCUT2D eigenvalue weighted by atomic mass is 9.93. The predicted octanol–water partition coefficient (Wildman–Crippen LogP) is 4.10. The van der Waals surface area contributed by atoms with Crippen molar-refractivity contribution >= 4 is 17.2 Å². The highest BCUT2D eigenvalue weighted by molar-refractivity contribution is 7.09. The van der Waals surface area contributed by atoms with Crippen molar-refractivity contribution in [2.45, 2.75) is 18.4 Å². The molecule has 0 spiro atoms. The summed E-state index contributed by atoms with van der Waals surface area (Å²) in [5.74, 6) is 1.37. The molecule has 6 heteroatoms. The second-order valence-electron chi connectivity index (χ2n) is 6.85. The Balaban J connectivity index is 1.75. The molecule has 3 rings (SSSR count). The van der Waals surface area contributed by atoms with Crippen LogP contribution >= 0.6 is 11.3 Å². The minimum Gasteiger partial charge on any atom is -0.497 e. The monoisotopic (exact) mass is 398 g/mol. The Morgan fingerprint density at radius 3 is 2.54 bits per heavy atom. The number of methoxy groups -OCH3 is 1. The second-order valence-corrected chi connectivity index (χ2v) is 7.88. The van der Waals surface area contributed by atoms with E-state index in [0.717, 1.165) is 17.1 Å². The van der Waals surface area contributed by atoms with Gasteiger partial charge in [-0.15, -0.1) is 11.3 Å². The Kier molecular flexibility index (Phi) is 6.90. The molecule has 0 saturated heterocycles. The summed E-state index contributed by atoms with van der Waals surface area (Å²) in [5.41, 5.74) is 0.978. The number of likely N-dealkylation sites (N-methyl/N-ethyl adjacent to an activating group) is 1. The summed E-state index contributed by atoms with van der Waals surface area (Å²) >= 11 is 1.67. The van der Waals surface area contributed by atoms with E-state index in [0.29, 0.717) is 13.0 Å². The molecule has 0 aliphatic heterocycles. The topological polar surface area (TPSA) is 54.7 Å². The number of carbonyl (C=O) groups excluding carboxylic acids is 1. The molecule has 2 heterocycles. The van der Waals surface area contributed by atoms with Gasteiger partial charge in [0.1, 0.15) is 11.5 Å². The second kappa shape index (κ2) is 9.57. The highest BCUT2D eigenvalue weighted by Gasteiger charge is 2.24. The fraction of sp³-hybridized carbons (Fsp3) is 0.318. The molecule has 5 nitrogen and oxygen atoms in total.